The van der Waals surface area contributed by atoms with E-state index in [0.717, 1.165) is 25.3 Å². The summed E-state index contributed by atoms with van der Waals surface area (Å²) in [5.74, 6) is 1.95. The molecule has 2 N–H and O–H groups in total. The molecule has 0 unspecified atom stereocenters. The largest absolute Gasteiger partial charge is 0.378 e. The topological polar surface area (TPSA) is 77.2 Å². The van der Waals surface area contributed by atoms with Crippen LogP contribution in [0.3, 0.4) is 0 Å². The van der Waals surface area contributed by atoms with Crippen LogP contribution in [-0.2, 0) is 4.74 Å². The van der Waals surface area contributed by atoms with E-state index < -0.39 is 0 Å². The number of morpholine rings is 1. The minimum atomic E-state index is 0.292. The second-order valence-electron chi connectivity index (χ2n) is 3.72. The van der Waals surface area contributed by atoms with Crippen LogP contribution >= 0.6 is 11.8 Å². The van der Waals surface area contributed by atoms with Gasteiger partial charge >= 0.3 is 0 Å². The second-order valence-corrected chi connectivity index (χ2v) is 4.79. The van der Waals surface area contributed by atoms with Gasteiger partial charge in [-0.3, -0.25) is 0 Å². The summed E-state index contributed by atoms with van der Waals surface area (Å²) >= 11 is 1.61. The van der Waals surface area contributed by atoms with E-state index in [2.05, 4.69) is 26.8 Å². The molecule has 2 rings (SSSR count). The van der Waals surface area contributed by atoms with Crippen LogP contribution in [0.2, 0.25) is 0 Å². The highest BCUT2D eigenvalue weighted by Crippen LogP contribution is 2.18. The third kappa shape index (κ3) is 3.44. The first-order valence-electron chi connectivity index (χ1n) is 5.76. The number of nitrogen functional groups attached to an aromatic ring is 1. The molecule has 1 fully saturated rings. The summed E-state index contributed by atoms with van der Waals surface area (Å²) in [5, 5.41) is 0.709. The number of thioether (sulfide) groups is 1. The summed E-state index contributed by atoms with van der Waals surface area (Å²) in [6, 6.07) is 0. The van der Waals surface area contributed by atoms with E-state index in [0.29, 0.717) is 30.3 Å². The molecule has 1 aliphatic heterocycles. The van der Waals surface area contributed by atoms with E-state index in [1.165, 1.54) is 0 Å². The molecular formula is C10H17N5OS. The maximum absolute atomic E-state index is 5.70. The smallest absolute Gasteiger partial charge is 0.231 e. The number of ether oxygens (including phenoxy) is 1. The predicted octanol–water partition coefficient (Wildman–Crippen LogP) is 0.793. The average Bonchev–Trinajstić information content (AvgIpc) is 2.37. The molecule has 0 bridgehead atoms. The van der Waals surface area contributed by atoms with Gasteiger partial charge in [0.2, 0.25) is 11.9 Å². The maximum Gasteiger partial charge on any atom is 0.231 e. The first-order valence-corrected chi connectivity index (χ1v) is 6.75. The van der Waals surface area contributed by atoms with Crippen molar-refractivity contribution in [2.24, 2.45) is 0 Å². The standard InChI is InChI=1S/C10H17N5OS/c1-2-7-17-10-13-8(11)12-9(14-10)15-3-5-16-6-4-15/h2-7H2,1H3,(H2,11,12,13,14). The third-order valence-electron chi connectivity index (χ3n) is 2.35. The Kier molecular flexibility index (Phi) is 4.38. The number of aromatic nitrogens is 3. The first-order chi connectivity index (χ1) is 8.29. The van der Waals surface area contributed by atoms with Gasteiger partial charge in [0.25, 0.3) is 0 Å². The van der Waals surface area contributed by atoms with E-state index >= 15 is 0 Å². The molecule has 1 aromatic heterocycles. The minimum Gasteiger partial charge on any atom is -0.378 e. The zero-order chi connectivity index (χ0) is 12.1. The zero-order valence-electron chi connectivity index (χ0n) is 9.93. The SMILES string of the molecule is CCCSc1nc(N)nc(N2CCOCC2)n1. The molecule has 1 aromatic rings. The van der Waals surface area contributed by atoms with Gasteiger partial charge in [0.1, 0.15) is 0 Å². The van der Waals surface area contributed by atoms with Crippen LogP contribution in [0.15, 0.2) is 5.16 Å². The van der Waals surface area contributed by atoms with Gasteiger partial charge in [-0.1, -0.05) is 18.7 Å². The fraction of sp³-hybridized carbons (Fsp3) is 0.700. The Morgan fingerprint density at radius 1 is 1.29 bits per heavy atom. The molecule has 7 heteroatoms. The normalized spacial score (nSPS) is 16.2. The Balaban J connectivity index is 2.12. The van der Waals surface area contributed by atoms with Crippen molar-refractivity contribution in [2.45, 2.75) is 18.5 Å². The van der Waals surface area contributed by atoms with Crippen LogP contribution in [0.1, 0.15) is 13.3 Å². The lowest BCUT2D eigenvalue weighted by atomic mass is 10.4. The summed E-state index contributed by atoms with van der Waals surface area (Å²) in [5.41, 5.74) is 5.70. The summed E-state index contributed by atoms with van der Waals surface area (Å²) < 4.78 is 5.30. The molecule has 0 saturated carbocycles. The lowest BCUT2D eigenvalue weighted by Crippen LogP contribution is -2.37. The maximum atomic E-state index is 5.70. The highest BCUT2D eigenvalue weighted by atomic mass is 32.2. The van der Waals surface area contributed by atoms with Gasteiger partial charge in [-0.25, -0.2) is 0 Å². The molecule has 0 amide bonds. The molecule has 0 aromatic carbocycles. The minimum absolute atomic E-state index is 0.292. The summed E-state index contributed by atoms with van der Waals surface area (Å²) in [4.78, 5) is 14.8. The van der Waals surface area contributed by atoms with Crippen molar-refractivity contribution in [3.05, 3.63) is 0 Å². The van der Waals surface area contributed by atoms with Crippen LogP contribution in [0.5, 0.6) is 0 Å². The van der Waals surface area contributed by atoms with Gasteiger partial charge in [-0.2, -0.15) is 15.0 Å². The Bertz CT molecular complexity index is 370. The second kappa shape index (κ2) is 6.02. The number of hydrogen-bond donors (Lipinski definition) is 1. The number of rotatable bonds is 4. The molecule has 1 aliphatic rings. The highest BCUT2D eigenvalue weighted by molar-refractivity contribution is 7.99. The van der Waals surface area contributed by atoms with Crippen molar-refractivity contribution in [1.82, 2.24) is 15.0 Å². The molecule has 1 saturated heterocycles. The molecule has 0 atom stereocenters. The number of nitrogens with zero attached hydrogens (tertiary/aromatic N) is 4. The Morgan fingerprint density at radius 2 is 2.06 bits per heavy atom. The third-order valence-corrected chi connectivity index (χ3v) is 3.40. The average molecular weight is 255 g/mol. The van der Waals surface area contributed by atoms with Crippen molar-refractivity contribution >= 4 is 23.7 Å². The van der Waals surface area contributed by atoms with Gasteiger partial charge in [0.05, 0.1) is 13.2 Å². The monoisotopic (exact) mass is 255 g/mol. The van der Waals surface area contributed by atoms with E-state index in [1.807, 2.05) is 0 Å². The van der Waals surface area contributed by atoms with Crippen molar-refractivity contribution < 1.29 is 4.74 Å². The fourth-order valence-corrected chi connectivity index (χ4v) is 2.21. The molecule has 0 radical (unpaired) electrons. The summed E-state index contributed by atoms with van der Waals surface area (Å²) in [6.45, 7) is 5.16. The van der Waals surface area contributed by atoms with Gasteiger partial charge in [0.15, 0.2) is 5.16 Å². The molecule has 17 heavy (non-hydrogen) atoms. The number of nitrogens with two attached hydrogens (primary N) is 1. The van der Waals surface area contributed by atoms with E-state index in [1.54, 1.807) is 11.8 Å². The van der Waals surface area contributed by atoms with Gasteiger partial charge in [-0.15, -0.1) is 0 Å². The van der Waals surface area contributed by atoms with Crippen molar-refractivity contribution in [1.29, 1.82) is 0 Å². The number of anilines is 2. The summed E-state index contributed by atoms with van der Waals surface area (Å²) in [6.07, 6.45) is 1.09. The lowest BCUT2D eigenvalue weighted by molar-refractivity contribution is 0.122. The molecule has 2 heterocycles. The fourth-order valence-electron chi connectivity index (χ4n) is 1.52. The van der Waals surface area contributed by atoms with Gasteiger partial charge in [0, 0.05) is 18.8 Å². The molecule has 6 nitrogen and oxygen atoms in total. The first kappa shape index (κ1) is 12.4. The zero-order valence-corrected chi connectivity index (χ0v) is 10.7. The predicted molar refractivity (Wildman–Crippen MR) is 68.3 cm³/mol. The van der Waals surface area contributed by atoms with Crippen molar-refractivity contribution in [3.63, 3.8) is 0 Å². The van der Waals surface area contributed by atoms with Crippen LogP contribution in [0, 0.1) is 0 Å². The quantitative estimate of drug-likeness (QED) is 0.797. The van der Waals surface area contributed by atoms with Crippen LogP contribution in [0.25, 0.3) is 0 Å². The Labute approximate surface area is 105 Å². The highest BCUT2D eigenvalue weighted by Gasteiger charge is 2.15. The van der Waals surface area contributed by atoms with E-state index in [9.17, 15) is 0 Å². The Hall–Kier alpha value is -1.08. The molecule has 0 spiro atoms. The van der Waals surface area contributed by atoms with Crippen molar-refractivity contribution in [2.75, 3.05) is 42.7 Å². The summed E-state index contributed by atoms with van der Waals surface area (Å²) in [7, 11) is 0. The van der Waals surface area contributed by atoms with Crippen LogP contribution < -0.4 is 10.6 Å². The van der Waals surface area contributed by atoms with Crippen molar-refractivity contribution in [3.8, 4) is 0 Å². The van der Waals surface area contributed by atoms with Gasteiger partial charge < -0.3 is 15.4 Å². The number of hydrogen-bond acceptors (Lipinski definition) is 7. The van der Waals surface area contributed by atoms with Gasteiger partial charge in [-0.05, 0) is 6.42 Å². The van der Waals surface area contributed by atoms with Crippen LogP contribution in [0.4, 0.5) is 11.9 Å². The lowest BCUT2D eigenvalue weighted by Gasteiger charge is -2.26. The molecular weight excluding hydrogens is 238 g/mol. The Morgan fingerprint density at radius 3 is 2.76 bits per heavy atom. The van der Waals surface area contributed by atoms with E-state index in [4.69, 9.17) is 10.5 Å². The van der Waals surface area contributed by atoms with E-state index in [-0.39, 0.29) is 0 Å². The molecule has 0 aliphatic carbocycles. The van der Waals surface area contributed by atoms with Crippen LogP contribution in [-0.4, -0.2) is 47.0 Å². The molecule has 94 valence electrons.